The van der Waals surface area contributed by atoms with Gasteiger partial charge in [-0.1, -0.05) is 0 Å². The highest BCUT2D eigenvalue weighted by Crippen LogP contribution is 1.88. The first kappa shape index (κ1) is 103. The molecule has 0 radical (unpaired) electrons. The zero-order chi connectivity index (χ0) is 65.0. The summed E-state index contributed by atoms with van der Waals surface area (Å²) >= 11 is 0. The van der Waals surface area contributed by atoms with E-state index in [-0.39, 0.29) is 56.4 Å². The van der Waals surface area contributed by atoms with Crippen molar-refractivity contribution in [3.8, 4) is 0 Å². The Kier molecular flexibility index (Phi) is 110. The van der Waals surface area contributed by atoms with Gasteiger partial charge in [-0.05, 0) is 91.0 Å². The van der Waals surface area contributed by atoms with Crippen molar-refractivity contribution >= 4 is 23.9 Å². The summed E-state index contributed by atoms with van der Waals surface area (Å²) in [4.78, 5) is 43.7. The van der Waals surface area contributed by atoms with Gasteiger partial charge < -0.3 is 165 Å². The van der Waals surface area contributed by atoms with Crippen molar-refractivity contribution in [3.05, 3.63) is 0 Å². The van der Waals surface area contributed by atoms with Gasteiger partial charge in [0.25, 0.3) is 0 Å². The van der Waals surface area contributed by atoms with E-state index in [1.165, 1.54) is 0 Å². The Balaban J connectivity index is -0.0000000613. The van der Waals surface area contributed by atoms with Crippen LogP contribution in [0.2, 0.25) is 0 Å². The van der Waals surface area contributed by atoms with Crippen LogP contribution >= 0.6 is 0 Å². The van der Waals surface area contributed by atoms with Gasteiger partial charge in [0.05, 0.1) is 19.6 Å². The molecule has 0 aromatic rings. The second kappa shape index (κ2) is 82.7. The Morgan fingerprint density at radius 3 is 0.859 bits per heavy atom. The normalized spacial score (nSPS) is 13.2. The quantitative estimate of drug-likeness (QED) is 0.0378. The van der Waals surface area contributed by atoms with E-state index in [2.05, 4.69) is 45.2 Å². The standard InChI is InChI=1S/C5H14N2.C4H8N2O4.C4H12N2O2.C4H10N2O2.4C4H12N2.C3H8N2O2.2C3H10N2.C2H8N2/c1-6-4-5-7(2)3;5-1(3(7)8)2(6)4(9)10;5-3(1-7)4(6)2-8;5-2-3(6)1-4(7)8;1-6(2)4-3-5;1-5-3-4-6-2;1-4(2,6)3-5;1-3(5)4(2)6;4-1-2(5)3(6)7;1-5-3-2-4;1-3(5)2-4;3-1-2-4/h6H,4-5H2,1-3H3;1-2H,5-6H2,(H,7,8)(H,9,10);3-4,7-8H,1-2,5-6H2;3H,1-2,5-6H2,(H,7,8);3-5H2,1-2H3;5-6H,3-4H2,1-2H3;3,5-6H2,1-2H3;3-4H,5-6H2,1-2H3;2H,1,4-5H2,(H,6,7);5H,2-4H2,1H3;3H,2,4-5H2,1H3;1-4H2. The fourth-order valence-corrected chi connectivity index (χ4v) is 1.97. The number of nitrogens with two attached hydrogens (primary N) is 18. The maximum Gasteiger partial charge on any atom is 0.322 e. The molecule has 0 saturated heterocycles. The van der Waals surface area contributed by atoms with Crippen LogP contribution in [0.3, 0.4) is 0 Å². The van der Waals surface area contributed by atoms with Crippen molar-refractivity contribution in [1.82, 2.24) is 31.1 Å². The minimum Gasteiger partial charge on any atom is -0.481 e. The molecule has 0 rings (SSSR count). The van der Waals surface area contributed by atoms with Crippen LogP contribution in [0.25, 0.3) is 0 Å². The highest BCUT2D eigenvalue weighted by Gasteiger charge is 2.26. The van der Waals surface area contributed by atoms with Gasteiger partial charge in [-0.15, -0.1) is 0 Å². The van der Waals surface area contributed by atoms with Gasteiger partial charge in [0.2, 0.25) is 0 Å². The minimum atomic E-state index is -1.54. The van der Waals surface area contributed by atoms with Crippen LogP contribution in [-0.4, -0.2) is 285 Å². The summed E-state index contributed by atoms with van der Waals surface area (Å²) in [5, 5.41) is 60.9. The van der Waals surface area contributed by atoms with Gasteiger partial charge in [0.1, 0.15) is 18.1 Å². The van der Waals surface area contributed by atoms with E-state index in [0.717, 1.165) is 52.4 Å². The Labute approximate surface area is 469 Å². The molecule has 0 bridgehead atoms. The molecule has 0 saturated carbocycles. The third kappa shape index (κ3) is 145. The molecular weight excluding hydrogens is 1020 g/mol. The zero-order valence-electron chi connectivity index (χ0n) is 50.3. The van der Waals surface area contributed by atoms with Crippen molar-refractivity contribution in [1.29, 1.82) is 0 Å². The smallest absolute Gasteiger partial charge is 0.322 e. The molecule has 0 aliphatic heterocycles. The van der Waals surface area contributed by atoms with Crippen LogP contribution in [0, 0.1) is 0 Å². The summed E-state index contributed by atoms with van der Waals surface area (Å²) in [5.41, 5.74) is 91.4. The lowest BCUT2D eigenvalue weighted by Crippen LogP contribution is -2.51. The highest BCUT2D eigenvalue weighted by molar-refractivity contribution is 5.84. The predicted octanol–water partition coefficient (Wildman–Crippen LogP) is -12.0. The molecular formula is C44H128N24O10. The summed E-state index contributed by atoms with van der Waals surface area (Å²) < 4.78 is 0. The summed E-state index contributed by atoms with van der Waals surface area (Å²) in [6.45, 7) is 19.3. The highest BCUT2D eigenvalue weighted by atomic mass is 16.4. The Morgan fingerprint density at radius 2 is 0.795 bits per heavy atom. The summed E-state index contributed by atoms with van der Waals surface area (Å²) in [6.07, 6.45) is -0.0451. The van der Waals surface area contributed by atoms with Gasteiger partial charge in [0.15, 0.2) is 0 Å². The van der Waals surface area contributed by atoms with Gasteiger partial charge >= 0.3 is 23.9 Å². The molecule has 0 spiro atoms. The number of likely N-dealkylation sites (N-methyl/N-ethyl adjacent to an activating group) is 6. The second-order valence-corrected chi connectivity index (χ2v) is 17.5. The number of aliphatic carboxylic acids is 4. The third-order valence-electron chi connectivity index (χ3n) is 7.54. The molecule has 0 fully saturated rings. The van der Waals surface area contributed by atoms with E-state index < -0.39 is 60.1 Å². The number of nitrogens with zero attached hydrogens (tertiary/aromatic N) is 2. The molecule has 0 aromatic carbocycles. The van der Waals surface area contributed by atoms with Crippen LogP contribution in [0.15, 0.2) is 0 Å². The van der Waals surface area contributed by atoms with Crippen LogP contribution < -0.4 is 124 Å². The largest absolute Gasteiger partial charge is 0.481 e. The van der Waals surface area contributed by atoms with Crippen LogP contribution in [0.5, 0.6) is 0 Å². The zero-order valence-corrected chi connectivity index (χ0v) is 50.3. The molecule has 46 N–H and O–H groups in total. The average Bonchev–Trinajstić information content (AvgIpc) is 3.37. The number of aliphatic hydroxyl groups excluding tert-OH is 2. The SMILES string of the molecule is CC(C)(N)CN.CC(N)C(C)N.CC(N)CN.CN(C)CCN.CNCCN.CNCCN(C)C.CNCCNC.NC(C(=O)O)C(N)C(=O)O.NC(CO)C(N)CO.NCC(N)C(=O)O.NCC(N)CC(=O)O.NCCN. The van der Waals surface area contributed by atoms with Crippen LogP contribution in [0.4, 0.5) is 0 Å². The molecule has 0 aromatic heterocycles. The van der Waals surface area contributed by atoms with E-state index in [9.17, 15) is 19.2 Å². The predicted molar refractivity (Wildman–Crippen MR) is 322 cm³/mol. The molecule has 9 unspecified atom stereocenters. The maximum atomic E-state index is 9.98. The van der Waals surface area contributed by atoms with Crippen molar-refractivity contribution in [3.63, 3.8) is 0 Å². The molecule has 484 valence electrons. The fraction of sp³-hybridized carbons (Fsp3) is 0.909. The number of aliphatic hydroxyl groups is 2. The lowest BCUT2D eigenvalue weighted by atomic mass is 10.1. The van der Waals surface area contributed by atoms with Crippen LogP contribution in [0.1, 0.15) is 41.0 Å². The van der Waals surface area contributed by atoms with Gasteiger partial charge in [-0.25, -0.2) is 0 Å². The van der Waals surface area contributed by atoms with Gasteiger partial charge in [-0.2, -0.15) is 0 Å². The number of nitrogens with one attached hydrogen (secondary N) is 4. The molecule has 0 aliphatic carbocycles. The second-order valence-electron chi connectivity index (χ2n) is 17.5. The van der Waals surface area contributed by atoms with E-state index in [1.54, 1.807) is 0 Å². The molecule has 78 heavy (non-hydrogen) atoms. The Hall–Kier alpha value is -3.16. The molecule has 0 amide bonds. The lowest BCUT2D eigenvalue weighted by molar-refractivity contribution is -0.146. The number of carbonyl (C=O) groups is 4. The monoisotopic (exact) mass is 1150 g/mol. The first-order valence-corrected chi connectivity index (χ1v) is 25.0. The van der Waals surface area contributed by atoms with E-state index >= 15 is 0 Å². The number of hydrogen-bond donors (Lipinski definition) is 28. The fourth-order valence-electron chi connectivity index (χ4n) is 1.97. The summed E-state index contributed by atoms with van der Waals surface area (Å²) in [7, 11) is 15.9. The van der Waals surface area contributed by atoms with Crippen molar-refractivity contribution in [2.24, 2.45) is 103 Å². The van der Waals surface area contributed by atoms with Crippen LogP contribution in [-0.2, 0) is 19.2 Å². The molecule has 34 heteroatoms. The molecule has 9 atom stereocenters. The molecule has 0 heterocycles. The first-order chi connectivity index (χ1) is 35.8. The van der Waals surface area contributed by atoms with Crippen molar-refractivity contribution in [2.45, 2.75) is 101 Å². The van der Waals surface area contributed by atoms with E-state index in [1.807, 2.05) is 76.9 Å². The maximum absolute atomic E-state index is 9.98. The van der Waals surface area contributed by atoms with Gasteiger partial charge in [0, 0.05) is 133 Å². The van der Waals surface area contributed by atoms with Crippen molar-refractivity contribution in [2.75, 3.05) is 161 Å². The third-order valence-corrected chi connectivity index (χ3v) is 7.54. The molecule has 0 aliphatic rings. The Morgan fingerprint density at radius 1 is 0.487 bits per heavy atom. The first-order valence-electron chi connectivity index (χ1n) is 25.0. The summed E-state index contributed by atoms with van der Waals surface area (Å²) in [6, 6.07) is -4.97. The van der Waals surface area contributed by atoms with E-state index in [4.69, 9.17) is 134 Å². The van der Waals surface area contributed by atoms with Gasteiger partial charge in [-0.3, -0.25) is 19.2 Å². The summed E-state index contributed by atoms with van der Waals surface area (Å²) in [5.74, 6) is -4.80. The number of hydrogen-bond acceptors (Lipinski definition) is 30. The minimum absolute atomic E-state index is 0.00463. The average molecular weight is 1150 g/mol. The number of rotatable bonds is 25. The number of carboxylic acids is 4. The topological polar surface area (TPSA) is 713 Å². The lowest BCUT2D eigenvalue weighted by Gasteiger charge is -2.13. The van der Waals surface area contributed by atoms with Crippen molar-refractivity contribution < 1.29 is 49.8 Å². The number of carboxylic acid groups (broad SMARTS) is 4. The molecule has 34 nitrogen and oxygen atoms in total. The Bertz CT molecular complexity index is 1110. The van der Waals surface area contributed by atoms with E-state index in [0.29, 0.717) is 26.2 Å².